The van der Waals surface area contributed by atoms with Gasteiger partial charge in [0.25, 0.3) is 0 Å². The van der Waals surface area contributed by atoms with Gasteiger partial charge in [-0.1, -0.05) is 35.5 Å². The zero-order valence-electron chi connectivity index (χ0n) is 12.9. The maximum atomic E-state index is 5.97. The van der Waals surface area contributed by atoms with E-state index in [0.717, 1.165) is 12.0 Å². The minimum absolute atomic E-state index is 0.243. The quantitative estimate of drug-likeness (QED) is 0.848. The second-order valence-corrected chi connectivity index (χ2v) is 5.78. The van der Waals surface area contributed by atoms with Crippen molar-refractivity contribution in [3.05, 3.63) is 47.6 Å². The molecule has 21 heavy (non-hydrogen) atoms. The van der Waals surface area contributed by atoms with Crippen molar-refractivity contribution in [1.82, 2.24) is 10.1 Å². The summed E-state index contributed by atoms with van der Waals surface area (Å²) in [6.45, 7) is 6.50. The molecule has 114 valence electrons. The Labute approximate surface area is 125 Å². The van der Waals surface area contributed by atoms with Gasteiger partial charge in [-0.15, -0.1) is 0 Å². The Morgan fingerprint density at radius 2 is 2.00 bits per heavy atom. The van der Waals surface area contributed by atoms with Gasteiger partial charge in [-0.25, -0.2) is 0 Å². The van der Waals surface area contributed by atoms with Gasteiger partial charge < -0.3 is 15.0 Å². The van der Waals surface area contributed by atoms with Crippen LogP contribution in [0.1, 0.15) is 50.6 Å². The lowest BCUT2D eigenvalue weighted by Gasteiger charge is -2.16. The summed E-state index contributed by atoms with van der Waals surface area (Å²) in [7, 11) is 0. The zero-order chi connectivity index (χ0) is 15.3. The summed E-state index contributed by atoms with van der Waals surface area (Å²) in [5, 5.41) is 4.06. The van der Waals surface area contributed by atoms with E-state index >= 15 is 0 Å². The van der Waals surface area contributed by atoms with E-state index in [0.29, 0.717) is 24.7 Å². The molecule has 1 aromatic carbocycles. The van der Waals surface area contributed by atoms with Crippen LogP contribution in [-0.2, 0) is 11.2 Å². The highest BCUT2D eigenvalue weighted by atomic mass is 16.5. The summed E-state index contributed by atoms with van der Waals surface area (Å²) in [6, 6.07) is 9.91. The maximum Gasteiger partial charge on any atom is 0.226 e. The van der Waals surface area contributed by atoms with Crippen molar-refractivity contribution in [2.24, 2.45) is 5.73 Å². The van der Waals surface area contributed by atoms with Gasteiger partial charge in [0.1, 0.15) is 6.10 Å². The summed E-state index contributed by atoms with van der Waals surface area (Å²) in [4.78, 5) is 4.45. The molecule has 0 fully saturated rings. The number of hydrogen-bond donors (Lipinski definition) is 1. The van der Waals surface area contributed by atoms with E-state index in [1.807, 2.05) is 51.1 Å². The summed E-state index contributed by atoms with van der Waals surface area (Å²) >= 11 is 0. The van der Waals surface area contributed by atoms with Crippen molar-refractivity contribution >= 4 is 0 Å². The third-order valence-corrected chi connectivity index (χ3v) is 3.14. The van der Waals surface area contributed by atoms with Crippen molar-refractivity contribution in [2.75, 3.05) is 6.61 Å². The Kier molecular flexibility index (Phi) is 5.09. The molecule has 0 saturated carbocycles. The average Bonchev–Trinajstić information content (AvgIpc) is 2.91. The Bertz CT molecular complexity index is 546. The molecule has 1 unspecified atom stereocenters. The van der Waals surface area contributed by atoms with E-state index in [1.54, 1.807) is 0 Å². The highest BCUT2D eigenvalue weighted by Gasteiger charge is 2.21. The van der Waals surface area contributed by atoms with Crippen LogP contribution in [0.2, 0.25) is 0 Å². The molecule has 0 aliphatic carbocycles. The molecule has 0 radical (unpaired) electrons. The predicted octanol–water partition coefficient (Wildman–Crippen LogP) is 2.87. The van der Waals surface area contributed by atoms with Gasteiger partial charge in [0.05, 0.1) is 0 Å². The SMILES string of the molecule is CCOC(c1ccccc1)c1noc(CCC(C)(C)N)n1. The number of aromatic nitrogens is 2. The van der Waals surface area contributed by atoms with Crippen LogP contribution in [-0.4, -0.2) is 22.3 Å². The van der Waals surface area contributed by atoms with Crippen LogP contribution in [0.4, 0.5) is 0 Å². The molecule has 0 aliphatic rings. The standard InChI is InChI=1S/C16H23N3O2/c1-4-20-14(12-8-6-5-7-9-12)15-18-13(21-19-15)10-11-16(2,3)17/h5-9,14H,4,10-11,17H2,1-3H3. The van der Waals surface area contributed by atoms with E-state index in [9.17, 15) is 0 Å². The summed E-state index contributed by atoms with van der Waals surface area (Å²) < 4.78 is 11.1. The Morgan fingerprint density at radius 1 is 1.29 bits per heavy atom. The molecule has 2 rings (SSSR count). The highest BCUT2D eigenvalue weighted by molar-refractivity contribution is 5.22. The Hall–Kier alpha value is -1.72. The van der Waals surface area contributed by atoms with Crippen LogP contribution in [0.3, 0.4) is 0 Å². The van der Waals surface area contributed by atoms with Gasteiger partial charge in [0.2, 0.25) is 11.7 Å². The lowest BCUT2D eigenvalue weighted by Crippen LogP contribution is -2.32. The molecule has 1 aromatic heterocycles. The second kappa shape index (κ2) is 6.83. The molecular formula is C16H23N3O2. The van der Waals surface area contributed by atoms with Crippen LogP contribution >= 0.6 is 0 Å². The van der Waals surface area contributed by atoms with Gasteiger partial charge in [-0.3, -0.25) is 0 Å². The molecule has 0 aliphatic heterocycles. The van der Waals surface area contributed by atoms with Crippen molar-refractivity contribution < 1.29 is 9.26 Å². The number of aryl methyl sites for hydroxylation is 1. The largest absolute Gasteiger partial charge is 0.366 e. The lowest BCUT2D eigenvalue weighted by molar-refractivity contribution is 0.0833. The molecule has 0 saturated heterocycles. The van der Waals surface area contributed by atoms with Crippen LogP contribution in [0.15, 0.2) is 34.9 Å². The molecule has 1 atom stereocenters. The molecule has 2 aromatic rings. The number of hydrogen-bond acceptors (Lipinski definition) is 5. The maximum absolute atomic E-state index is 5.97. The summed E-state index contributed by atoms with van der Waals surface area (Å²) in [5.41, 5.74) is 6.75. The second-order valence-electron chi connectivity index (χ2n) is 5.78. The summed E-state index contributed by atoms with van der Waals surface area (Å²) in [5.74, 6) is 1.16. The molecule has 1 heterocycles. The number of nitrogens with two attached hydrogens (primary N) is 1. The number of ether oxygens (including phenoxy) is 1. The fourth-order valence-corrected chi connectivity index (χ4v) is 2.02. The van der Waals surface area contributed by atoms with Crippen LogP contribution in [0.25, 0.3) is 0 Å². The minimum atomic E-state index is -0.292. The number of benzene rings is 1. The average molecular weight is 289 g/mol. The first-order valence-electron chi connectivity index (χ1n) is 7.27. The van der Waals surface area contributed by atoms with Crippen LogP contribution in [0, 0.1) is 0 Å². The Morgan fingerprint density at radius 3 is 2.62 bits per heavy atom. The first-order valence-corrected chi connectivity index (χ1v) is 7.27. The van der Waals surface area contributed by atoms with Crippen LogP contribution < -0.4 is 5.73 Å². The fraction of sp³-hybridized carbons (Fsp3) is 0.500. The molecule has 0 spiro atoms. The minimum Gasteiger partial charge on any atom is -0.366 e. The van der Waals surface area contributed by atoms with E-state index in [-0.39, 0.29) is 11.6 Å². The van der Waals surface area contributed by atoms with Gasteiger partial charge >= 0.3 is 0 Å². The molecular weight excluding hydrogens is 266 g/mol. The summed E-state index contributed by atoms with van der Waals surface area (Å²) in [6.07, 6.45) is 1.17. The molecule has 2 N–H and O–H groups in total. The molecule has 5 nitrogen and oxygen atoms in total. The van der Waals surface area contributed by atoms with E-state index < -0.39 is 0 Å². The normalized spacial score (nSPS) is 13.3. The van der Waals surface area contributed by atoms with Crippen molar-refractivity contribution in [3.63, 3.8) is 0 Å². The van der Waals surface area contributed by atoms with E-state index in [1.165, 1.54) is 0 Å². The number of nitrogens with zero attached hydrogens (tertiary/aromatic N) is 2. The predicted molar refractivity (Wildman–Crippen MR) is 80.8 cm³/mol. The van der Waals surface area contributed by atoms with Gasteiger partial charge in [-0.2, -0.15) is 4.98 Å². The number of rotatable bonds is 7. The lowest BCUT2D eigenvalue weighted by atomic mass is 10.0. The first-order chi connectivity index (χ1) is 9.99. The van der Waals surface area contributed by atoms with E-state index in [2.05, 4.69) is 10.1 Å². The molecule has 0 bridgehead atoms. The monoisotopic (exact) mass is 289 g/mol. The fourth-order valence-electron chi connectivity index (χ4n) is 2.02. The Balaban J connectivity index is 2.13. The van der Waals surface area contributed by atoms with Crippen molar-refractivity contribution in [2.45, 2.75) is 45.3 Å². The smallest absolute Gasteiger partial charge is 0.226 e. The third-order valence-electron chi connectivity index (χ3n) is 3.14. The first kappa shape index (κ1) is 15.7. The van der Waals surface area contributed by atoms with Crippen molar-refractivity contribution in [1.29, 1.82) is 0 Å². The highest BCUT2D eigenvalue weighted by Crippen LogP contribution is 2.24. The van der Waals surface area contributed by atoms with E-state index in [4.69, 9.17) is 15.0 Å². The third kappa shape index (κ3) is 4.65. The zero-order valence-corrected chi connectivity index (χ0v) is 12.9. The van der Waals surface area contributed by atoms with Gasteiger partial charge in [0, 0.05) is 18.6 Å². The molecule has 0 amide bonds. The van der Waals surface area contributed by atoms with Crippen molar-refractivity contribution in [3.8, 4) is 0 Å². The van der Waals surface area contributed by atoms with Gasteiger partial charge in [-0.05, 0) is 32.8 Å². The topological polar surface area (TPSA) is 74.2 Å². The van der Waals surface area contributed by atoms with Crippen LogP contribution in [0.5, 0.6) is 0 Å². The molecule has 5 heteroatoms. The van der Waals surface area contributed by atoms with Gasteiger partial charge in [0.15, 0.2) is 0 Å².